The van der Waals surface area contributed by atoms with Gasteiger partial charge in [-0.15, -0.1) is 0 Å². The second kappa shape index (κ2) is 3.71. The van der Waals surface area contributed by atoms with Gasteiger partial charge in [-0.05, 0) is 0 Å². The van der Waals surface area contributed by atoms with Crippen molar-refractivity contribution in [2.45, 2.75) is 6.92 Å². The van der Waals surface area contributed by atoms with Crippen LogP contribution in [0.3, 0.4) is 0 Å². The van der Waals surface area contributed by atoms with Crippen LogP contribution in [0.4, 0.5) is 5.69 Å². The molecule has 0 amide bonds. The number of hydrogen-bond acceptors (Lipinski definition) is 1. The second-order valence-corrected chi connectivity index (χ2v) is 51.3. The molecule has 1 aliphatic rings. The summed E-state index contributed by atoms with van der Waals surface area (Å²) in [4.78, 5) is 0. The zero-order valence-corrected chi connectivity index (χ0v) is 15.3. The molecule has 1 aromatic carbocycles. The summed E-state index contributed by atoms with van der Waals surface area (Å²) in [5.74, 6) is 0.886. The van der Waals surface area contributed by atoms with Gasteiger partial charge in [0.15, 0.2) is 0 Å². The Hall–Kier alpha value is 0.920. The fraction of sp³-hybridized carbons (Fsp3) is 0.222. The fourth-order valence-corrected chi connectivity index (χ4v) is 14.9. The van der Waals surface area contributed by atoms with Crippen molar-refractivity contribution in [3.63, 3.8) is 0 Å². The quantitative estimate of drug-likeness (QED) is 0.382. The number of para-hydroxylation sites is 1. The van der Waals surface area contributed by atoms with Crippen LogP contribution in [0.2, 0.25) is 0 Å². The molecule has 0 fully saturated rings. The van der Waals surface area contributed by atoms with Gasteiger partial charge in [-0.2, -0.15) is 0 Å². The van der Waals surface area contributed by atoms with Crippen molar-refractivity contribution in [1.82, 2.24) is 0 Å². The number of fused-ring (bicyclic) bond motifs is 1. The average molecular weight is 515 g/mol. The molecule has 2 rings (SSSR count). The summed E-state index contributed by atoms with van der Waals surface area (Å²) in [5, 5.41) is 0. The monoisotopic (exact) mass is 515 g/mol. The van der Waals surface area contributed by atoms with E-state index in [2.05, 4.69) is 50.4 Å². The molecule has 0 bridgehead atoms. The van der Waals surface area contributed by atoms with E-state index < -0.39 is 10.6 Å². The maximum atomic E-state index is 5.99. The van der Waals surface area contributed by atoms with Crippen LogP contribution in [0.25, 0.3) is 0 Å². The van der Waals surface area contributed by atoms with Crippen LogP contribution in [0.5, 0.6) is 0 Å². The van der Waals surface area contributed by atoms with Gasteiger partial charge in [0.05, 0.1) is 0 Å². The van der Waals surface area contributed by atoms with Gasteiger partial charge < -0.3 is 0 Å². The Labute approximate surface area is 109 Å². The summed E-state index contributed by atoms with van der Waals surface area (Å²) in [5.41, 5.74) is 1.17. The molecule has 1 aliphatic heterocycles. The third kappa shape index (κ3) is 2.16. The topological polar surface area (TPSA) is 12.2 Å². The molecular formula is C9H10Br3NOTe+. The Morgan fingerprint density at radius 3 is 2.47 bits per heavy atom. The van der Waals surface area contributed by atoms with Crippen molar-refractivity contribution in [2.24, 2.45) is 0 Å². The van der Waals surface area contributed by atoms with Gasteiger partial charge in [0.1, 0.15) is 0 Å². The molecule has 1 aromatic rings. The van der Waals surface area contributed by atoms with E-state index in [-0.39, 0.29) is 0 Å². The first-order valence-corrected chi connectivity index (χ1v) is 22.0. The minimum absolute atomic E-state index is 0.886. The third-order valence-electron chi connectivity index (χ3n) is 2.29. The molecule has 0 spiro atoms. The third-order valence-corrected chi connectivity index (χ3v) is 16.4. The van der Waals surface area contributed by atoms with Gasteiger partial charge in [-0.25, -0.2) is 0 Å². The molecule has 0 aliphatic carbocycles. The molecular weight excluding hydrogens is 505 g/mol. The zero-order valence-electron chi connectivity index (χ0n) is 8.21. The van der Waals surface area contributed by atoms with Gasteiger partial charge in [-0.1, -0.05) is 0 Å². The zero-order chi connectivity index (χ0) is 11.3. The van der Waals surface area contributed by atoms with Crippen molar-refractivity contribution in [1.29, 1.82) is 0 Å². The van der Waals surface area contributed by atoms with E-state index in [1.807, 2.05) is 30.7 Å². The predicted molar refractivity (Wildman–Crippen MR) is 76.2 cm³/mol. The van der Waals surface area contributed by atoms with Crippen LogP contribution < -0.4 is 3.61 Å². The number of rotatable bonds is 0. The Bertz CT molecular complexity index is 464. The maximum absolute atomic E-state index is 5.99. The van der Waals surface area contributed by atoms with Gasteiger partial charge in [0.2, 0.25) is 0 Å². The van der Waals surface area contributed by atoms with Crippen LogP contribution in [-0.4, -0.2) is 28.1 Å². The standard InChI is InChI=1S/C9H10Br3NOTe/c1-7-13(2)8-5-3-4-6-9(8)15(10,11,12)14-7/h3-6H,1-2H3/q+1. The first-order valence-electron chi connectivity index (χ1n) is 4.26. The van der Waals surface area contributed by atoms with Crippen LogP contribution >= 0.6 is 38.3 Å². The van der Waals surface area contributed by atoms with E-state index >= 15 is 0 Å². The first kappa shape index (κ1) is 12.4. The number of benzene rings is 1. The molecule has 0 unspecified atom stereocenters. The van der Waals surface area contributed by atoms with E-state index in [0.717, 1.165) is 5.90 Å². The van der Waals surface area contributed by atoms with Gasteiger partial charge in [0.25, 0.3) is 0 Å². The molecule has 83 valence electrons. The van der Waals surface area contributed by atoms with E-state index in [9.17, 15) is 0 Å². The van der Waals surface area contributed by atoms with Crippen LogP contribution in [0.15, 0.2) is 24.3 Å². The number of hydrogen-bond donors (Lipinski definition) is 0. The normalized spacial score (nSPS) is 24.7. The molecule has 0 atom stereocenters. The van der Waals surface area contributed by atoms with Gasteiger partial charge in [0, 0.05) is 0 Å². The first-order chi connectivity index (χ1) is 6.80. The molecule has 0 saturated carbocycles. The summed E-state index contributed by atoms with van der Waals surface area (Å²) in [6.45, 7) is 1.96. The van der Waals surface area contributed by atoms with Crippen LogP contribution in [0, 0.1) is 0 Å². The van der Waals surface area contributed by atoms with E-state index in [4.69, 9.17) is 3.10 Å². The number of halogens is 3. The molecule has 0 aromatic heterocycles. The summed E-state index contributed by atoms with van der Waals surface area (Å²) < 4.78 is 9.20. The Morgan fingerprint density at radius 2 is 1.80 bits per heavy atom. The van der Waals surface area contributed by atoms with Crippen molar-refractivity contribution in [3.05, 3.63) is 24.3 Å². The molecule has 1 heterocycles. The molecule has 2 nitrogen and oxygen atoms in total. The fourth-order valence-electron chi connectivity index (χ4n) is 1.47. The average Bonchev–Trinajstić information content (AvgIpc) is 2.13. The van der Waals surface area contributed by atoms with Crippen LogP contribution in [-0.2, 0) is 3.10 Å². The molecule has 0 saturated heterocycles. The van der Waals surface area contributed by atoms with E-state index in [1.165, 1.54) is 9.30 Å². The summed E-state index contributed by atoms with van der Waals surface area (Å²) in [6, 6.07) is 8.22. The van der Waals surface area contributed by atoms with Crippen molar-refractivity contribution >= 4 is 64.1 Å². The van der Waals surface area contributed by atoms with E-state index in [0.29, 0.717) is 0 Å². The summed E-state index contributed by atoms with van der Waals surface area (Å²) in [6.07, 6.45) is 0. The number of nitrogens with zero attached hydrogens (tertiary/aromatic N) is 1. The van der Waals surface area contributed by atoms with Crippen molar-refractivity contribution in [3.8, 4) is 0 Å². The molecule has 6 heteroatoms. The Morgan fingerprint density at radius 1 is 1.20 bits per heavy atom. The predicted octanol–water partition coefficient (Wildman–Crippen LogP) is 3.19. The Balaban J connectivity index is 2.78. The van der Waals surface area contributed by atoms with Crippen molar-refractivity contribution < 1.29 is 7.68 Å². The van der Waals surface area contributed by atoms with Crippen molar-refractivity contribution in [2.75, 3.05) is 7.05 Å². The second-order valence-electron chi connectivity index (χ2n) is 3.31. The Kier molecular flexibility index (Phi) is 3.06. The summed E-state index contributed by atoms with van der Waals surface area (Å²) in [7, 11) is -1.46. The van der Waals surface area contributed by atoms with Gasteiger partial charge in [-0.3, -0.25) is 0 Å². The molecule has 15 heavy (non-hydrogen) atoms. The van der Waals surface area contributed by atoms with Gasteiger partial charge >= 0.3 is 110 Å². The van der Waals surface area contributed by atoms with E-state index in [1.54, 1.807) is 0 Å². The molecule has 0 N–H and O–H groups in total. The van der Waals surface area contributed by atoms with Crippen LogP contribution in [0.1, 0.15) is 6.92 Å². The minimum atomic E-state index is -3.46. The summed E-state index contributed by atoms with van der Waals surface area (Å²) >= 11 is 11.2. The SMILES string of the molecule is CC1=[N+](C)c2ccccc2[Te](Br)(Br)(Br)O1. The molecule has 1 radical (unpaired) electrons.